The average Bonchev–Trinajstić information content (AvgIpc) is 3.08. The van der Waals surface area contributed by atoms with Crippen molar-refractivity contribution in [3.63, 3.8) is 0 Å². The second-order valence-corrected chi connectivity index (χ2v) is 6.49. The maximum absolute atomic E-state index is 10.1. The largest absolute Gasteiger partial charge is 0.493 e. The van der Waals surface area contributed by atoms with E-state index in [0.29, 0.717) is 23.7 Å². The van der Waals surface area contributed by atoms with Crippen LogP contribution in [0.1, 0.15) is 35.1 Å². The van der Waals surface area contributed by atoms with E-state index < -0.39 is 0 Å². The van der Waals surface area contributed by atoms with Gasteiger partial charge in [0, 0.05) is 17.7 Å². The molecule has 0 aliphatic carbocycles. The number of aliphatic hydroxyl groups excluding tert-OH is 2. The van der Waals surface area contributed by atoms with Crippen molar-refractivity contribution in [1.82, 2.24) is 0 Å². The Morgan fingerprint density at radius 2 is 1.67 bits per heavy atom. The van der Waals surface area contributed by atoms with Gasteiger partial charge in [0.15, 0.2) is 11.5 Å². The van der Waals surface area contributed by atoms with E-state index in [4.69, 9.17) is 24.1 Å². The topological polar surface area (TPSA) is 77.4 Å². The summed E-state index contributed by atoms with van der Waals surface area (Å²) in [6.45, 7) is 0.114. The van der Waals surface area contributed by atoms with E-state index in [0.717, 1.165) is 28.9 Å². The molecule has 0 spiro atoms. The van der Waals surface area contributed by atoms with Gasteiger partial charge in [0.05, 0.1) is 33.9 Å². The van der Waals surface area contributed by atoms with Gasteiger partial charge in [-0.25, -0.2) is 0 Å². The molecule has 27 heavy (non-hydrogen) atoms. The van der Waals surface area contributed by atoms with Gasteiger partial charge in [-0.3, -0.25) is 0 Å². The van der Waals surface area contributed by atoms with Crippen molar-refractivity contribution < 1.29 is 29.2 Å². The van der Waals surface area contributed by atoms with Crippen molar-refractivity contribution in [3.8, 4) is 23.0 Å². The lowest BCUT2D eigenvalue weighted by Gasteiger charge is -2.20. The smallest absolute Gasteiger partial charge is 0.203 e. The first kappa shape index (κ1) is 19.3. The highest BCUT2D eigenvalue weighted by Gasteiger charge is 2.36. The number of fused-ring (bicyclic) bond motifs is 1. The summed E-state index contributed by atoms with van der Waals surface area (Å²) in [6, 6.07) is 9.70. The number of aliphatic hydroxyl groups is 2. The average molecular weight is 374 g/mol. The molecule has 1 heterocycles. The molecule has 146 valence electrons. The number of hydrogen-bond acceptors (Lipinski definition) is 6. The summed E-state index contributed by atoms with van der Waals surface area (Å²) in [5.74, 6) is 2.18. The predicted molar refractivity (Wildman–Crippen MR) is 101 cm³/mol. The van der Waals surface area contributed by atoms with Crippen LogP contribution < -0.4 is 18.9 Å². The number of ether oxygens (including phenoxy) is 4. The standard InChI is InChI=1S/C21H26O6/c1-24-18-10-14(11-19(25-2)21(18)26-3)20-16(12-23)15-9-13(5-4-8-22)6-7-17(15)27-20/h6-7,9-11,16,20,22-23H,4-5,8,12H2,1-3H3/t16-,20+/m1/s1. The molecule has 2 atom stereocenters. The van der Waals surface area contributed by atoms with Crippen LogP contribution in [0, 0.1) is 0 Å². The Hall–Kier alpha value is -2.44. The molecule has 0 saturated heterocycles. The third kappa shape index (κ3) is 3.68. The fourth-order valence-corrected chi connectivity index (χ4v) is 3.58. The van der Waals surface area contributed by atoms with E-state index in [-0.39, 0.29) is 25.2 Å². The molecule has 0 amide bonds. The summed E-state index contributed by atoms with van der Waals surface area (Å²) in [4.78, 5) is 0. The second-order valence-electron chi connectivity index (χ2n) is 6.49. The molecule has 6 heteroatoms. The lowest BCUT2D eigenvalue weighted by molar-refractivity contribution is 0.159. The summed E-state index contributed by atoms with van der Waals surface area (Å²) in [7, 11) is 4.71. The van der Waals surface area contributed by atoms with Gasteiger partial charge in [0.2, 0.25) is 5.75 Å². The van der Waals surface area contributed by atoms with Gasteiger partial charge in [-0.1, -0.05) is 12.1 Å². The first-order valence-corrected chi connectivity index (χ1v) is 8.97. The first-order valence-electron chi connectivity index (χ1n) is 8.97. The zero-order valence-electron chi connectivity index (χ0n) is 15.9. The third-order valence-corrected chi connectivity index (χ3v) is 4.93. The maximum atomic E-state index is 10.1. The van der Waals surface area contributed by atoms with Crippen molar-refractivity contribution in [2.24, 2.45) is 0 Å². The second kappa shape index (κ2) is 8.50. The van der Waals surface area contributed by atoms with E-state index in [1.807, 2.05) is 24.3 Å². The Labute approximate surface area is 159 Å². The fraction of sp³-hybridized carbons (Fsp3) is 0.429. The molecule has 1 aliphatic heterocycles. The van der Waals surface area contributed by atoms with Crippen LogP contribution in [0.25, 0.3) is 0 Å². The van der Waals surface area contributed by atoms with Crippen molar-refractivity contribution >= 4 is 0 Å². The van der Waals surface area contributed by atoms with Gasteiger partial charge < -0.3 is 29.2 Å². The van der Waals surface area contributed by atoms with Crippen molar-refractivity contribution in [1.29, 1.82) is 0 Å². The number of hydrogen-bond donors (Lipinski definition) is 2. The zero-order valence-corrected chi connectivity index (χ0v) is 15.9. The summed E-state index contributed by atoms with van der Waals surface area (Å²) >= 11 is 0. The molecule has 0 saturated carbocycles. The summed E-state index contributed by atoms with van der Waals surface area (Å²) < 4.78 is 22.4. The molecule has 2 N–H and O–H groups in total. The Morgan fingerprint density at radius 3 is 2.22 bits per heavy atom. The quantitative estimate of drug-likeness (QED) is 0.740. The molecule has 3 rings (SSSR count). The monoisotopic (exact) mass is 374 g/mol. The summed E-state index contributed by atoms with van der Waals surface area (Å²) in [5, 5.41) is 19.1. The van der Waals surface area contributed by atoms with Crippen molar-refractivity contribution in [3.05, 3.63) is 47.0 Å². The lowest BCUT2D eigenvalue weighted by Crippen LogP contribution is -2.14. The van der Waals surface area contributed by atoms with E-state index in [1.165, 1.54) is 0 Å². The van der Waals surface area contributed by atoms with Gasteiger partial charge in [0.1, 0.15) is 11.9 Å². The fourth-order valence-electron chi connectivity index (χ4n) is 3.58. The van der Waals surface area contributed by atoms with Gasteiger partial charge in [-0.15, -0.1) is 0 Å². The molecule has 2 aromatic carbocycles. The zero-order chi connectivity index (χ0) is 19.4. The minimum atomic E-state index is -0.355. The Bertz CT molecular complexity index is 763. The number of aryl methyl sites for hydroxylation is 1. The highest BCUT2D eigenvalue weighted by atomic mass is 16.5. The molecule has 2 aromatic rings. The number of methoxy groups -OCH3 is 3. The molecule has 0 aromatic heterocycles. The highest BCUT2D eigenvalue weighted by molar-refractivity contribution is 5.56. The van der Waals surface area contributed by atoms with E-state index in [1.54, 1.807) is 21.3 Å². The SMILES string of the molecule is COc1cc([C@@H]2Oc3ccc(CCCO)cc3[C@H]2CO)cc(OC)c1OC. The van der Waals surface area contributed by atoms with Crippen LogP contribution in [0.2, 0.25) is 0 Å². The molecule has 0 bridgehead atoms. The molecule has 0 unspecified atom stereocenters. The van der Waals surface area contributed by atoms with Gasteiger partial charge in [-0.2, -0.15) is 0 Å². The lowest BCUT2D eigenvalue weighted by atomic mass is 9.90. The van der Waals surface area contributed by atoms with Crippen LogP contribution in [0.15, 0.2) is 30.3 Å². The van der Waals surface area contributed by atoms with Crippen LogP contribution >= 0.6 is 0 Å². The Morgan fingerprint density at radius 1 is 0.963 bits per heavy atom. The molecular formula is C21H26O6. The normalized spacial score (nSPS) is 18.0. The van der Waals surface area contributed by atoms with Gasteiger partial charge in [0.25, 0.3) is 0 Å². The molecule has 1 aliphatic rings. The van der Waals surface area contributed by atoms with E-state index in [2.05, 4.69) is 6.07 Å². The Balaban J connectivity index is 1.97. The molecule has 0 fully saturated rings. The van der Waals surface area contributed by atoms with Crippen LogP contribution in [0.4, 0.5) is 0 Å². The molecule has 6 nitrogen and oxygen atoms in total. The minimum Gasteiger partial charge on any atom is -0.493 e. The van der Waals surface area contributed by atoms with Crippen molar-refractivity contribution in [2.45, 2.75) is 24.9 Å². The minimum absolute atomic E-state index is 0.0439. The van der Waals surface area contributed by atoms with Crippen molar-refractivity contribution in [2.75, 3.05) is 34.5 Å². The number of rotatable bonds is 8. The molecular weight excluding hydrogens is 348 g/mol. The van der Waals surface area contributed by atoms with Crippen LogP contribution in [0.3, 0.4) is 0 Å². The third-order valence-electron chi connectivity index (χ3n) is 4.93. The van der Waals surface area contributed by atoms with Gasteiger partial charge in [-0.05, 0) is 36.6 Å². The first-order chi connectivity index (χ1) is 13.2. The van der Waals surface area contributed by atoms with E-state index >= 15 is 0 Å². The van der Waals surface area contributed by atoms with Crippen LogP contribution in [0.5, 0.6) is 23.0 Å². The maximum Gasteiger partial charge on any atom is 0.203 e. The number of benzene rings is 2. The van der Waals surface area contributed by atoms with E-state index in [9.17, 15) is 5.11 Å². The van der Waals surface area contributed by atoms with Crippen LogP contribution in [-0.4, -0.2) is 44.8 Å². The summed E-state index contributed by atoms with van der Waals surface area (Å²) in [6.07, 6.45) is 1.14. The van der Waals surface area contributed by atoms with Gasteiger partial charge >= 0.3 is 0 Å². The highest BCUT2D eigenvalue weighted by Crippen LogP contribution is 2.49. The summed E-state index contributed by atoms with van der Waals surface area (Å²) in [5.41, 5.74) is 2.94. The molecule has 0 radical (unpaired) electrons. The van der Waals surface area contributed by atoms with Crippen LogP contribution in [-0.2, 0) is 6.42 Å². The Kier molecular flexibility index (Phi) is 6.08. The predicted octanol–water partition coefficient (Wildman–Crippen LogP) is 2.85.